The lowest BCUT2D eigenvalue weighted by Gasteiger charge is -2.11. The van der Waals surface area contributed by atoms with E-state index in [9.17, 15) is 0 Å². The van der Waals surface area contributed by atoms with Crippen molar-refractivity contribution in [1.29, 1.82) is 0 Å². The molecule has 1 N–H and O–H groups in total. The average molecular weight is 141 g/mol. The highest BCUT2D eigenvalue weighted by Gasteiger charge is 2.20. The summed E-state index contributed by atoms with van der Waals surface area (Å²) >= 11 is 0. The van der Waals surface area contributed by atoms with Crippen LogP contribution in [0.5, 0.6) is 0 Å². The van der Waals surface area contributed by atoms with Crippen LogP contribution < -0.4 is 5.32 Å². The molecule has 0 radical (unpaired) electrons. The van der Waals surface area contributed by atoms with Gasteiger partial charge in [0.2, 0.25) is 0 Å². The standard InChI is InChI=1S/C9H19N/c1-7(2)4-9-5-8(3)6-10-9/h7-10H,4-6H2,1-3H3/t8-,9+/m0/s1. The SMILES string of the molecule is CC(C)C[C@@H]1C[C@H](C)CN1. The Bertz CT molecular complexity index is 98.9. The Morgan fingerprint density at radius 1 is 1.50 bits per heavy atom. The largest absolute Gasteiger partial charge is 0.314 e. The van der Waals surface area contributed by atoms with E-state index in [-0.39, 0.29) is 0 Å². The maximum absolute atomic E-state index is 3.54. The lowest BCUT2D eigenvalue weighted by Crippen LogP contribution is -2.22. The van der Waals surface area contributed by atoms with Crippen molar-refractivity contribution in [2.75, 3.05) is 6.54 Å². The first kappa shape index (κ1) is 8.06. The van der Waals surface area contributed by atoms with Crippen LogP contribution in [0.1, 0.15) is 33.6 Å². The lowest BCUT2D eigenvalue weighted by atomic mass is 10.00. The zero-order valence-corrected chi connectivity index (χ0v) is 7.35. The third kappa shape index (κ3) is 2.30. The predicted octanol–water partition coefficient (Wildman–Crippen LogP) is 2.03. The van der Waals surface area contributed by atoms with Gasteiger partial charge in [0, 0.05) is 6.04 Å². The van der Waals surface area contributed by atoms with Gasteiger partial charge in [0.05, 0.1) is 0 Å². The third-order valence-electron chi connectivity index (χ3n) is 2.20. The van der Waals surface area contributed by atoms with Crippen molar-refractivity contribution in [3.63, 3.8) is 0 Å². The molecular formula is C9H19N. The molecule has 60 valence electrons. The molecule has 0 aliphatic carbocycles. The van der Waals surface area contributed by atoms with Gasteiger partial charge in [-0.05, 0) is 31.2 Å². The Labute approximate surface area is 64.2 Å². The van der Waals surface area contributed by atoms with Crippen LogP contribution in [-0.2, 0) is 0 Å². The zero-order chi connectivity index (χ0) is 7.56. The molecule has 1 heteroatoms. The normalized spacial score (nSPS) is 33.6. The van der Waals surface area contributed by atoms with Gasteiger partial charge >= 0.3 is 0 Å². The fourth-order valence-corrected chi connectivity index (χ4v) is 1.77. The molecule has 0 amide bonds. The van der Waals surface area contributed by atoms with Crippen molar-refractivity contribution >= 4 is 0 Å². The van der Waals surface area contributed by atoms with Crippen LogP contribution in [-0.4, -0.2) is 12.6 Å². The average Bonchev–Trinajstić information content (AvgIpc) is 2.13. The molecule has 1 heterocycles. The molecule has 0 saturated carbocycles. The minimum absolute atomic E-state index is 0.815. The van der Waals surface area contributed by atoms with Crippen LogP contribution in [0.15, 0.2) is 0 Å². The summed E-state index contributed by atoms with van der Waals surface area (Å²) in [6.07, 6.45) is 2.74. The van der Waals surface area contributed by atoms with Crippen LogP contribution in [0, 0.1) is 11.8 Å². The van der Waals surface area contributed by atoms with E-state index in [1.807, 2.05) is 0 Å². The summed E-state index contributed by atoms with van der Waals surface area (Å²) in [5.74, 6) is 1.76. The number of nitrogens with one attached hydrogen (secondary N) is 1. The fourth-order valence-electron chi connectivity index (χ4n) is 1.77. The molecule has 1 aliphatic rings. The number of hydrogen-bond acceptors (Lipinski definition) is 1. The molecule has 1 rings (SSSR count). The summed E-state index contributed by atoms with van der Waals surface area (Å²) in [6, 6.07) is 0.815. The Hall–Kier alpha value is -0.0400. The molecule has 1 nitrogen and oxygen atoms in total. The highest BCUT2D eigenvalue weighted by atomic mass is 14.9. The van der Waals surface area contributed by atoms with E-state index in [0.29, 0.717) is 0 Å². The van der Waals surface area contributed by atoms with Crippen LogP contribution >= 0.6 is 0 Å². The quantitative estimate of drug-likeness (QED) is 0.620. The molecule has 0 aromatic heterocycles. The van der Waals surface area contributed by atoms with Gasteiger partial charge in [-0.3, -0.25) is 0 Å². The summed E-state index contributed by atoms with van der Waals surface area (Å²) in [6.45, 7) is 8.15. The topological polar surface area (TPSA) is 12.0 Å². The second-order valence-corrected chi connectivity index (χ2v) is 4.08. The van der Waals surface area contributed by atoms with Gasteiger partial charge in [-0.25, -0.2) is 0 Å². The first-order valence-corrected chi connectivity index (χ1v) is 4.42. The van der Waals surface area contributed by atoms with Gasteiger partial charge < -0.3 is 5.32 Å². The van der Waals surface area contributed by atoms with Crippen molar-refractivity contribution in [3.8, 4) is 0 Å². The highest BCUT2D eigenvalue weighted by Crippen LogP contribution is 2.18. The van der Waals surface area contributed by atoms with Crippen molar-refractivity contribution in [2.45, 2.75) is 39.7 Å². The molecule has 0 aromatic rings. The monoisotopic (exact) mass is 141 g/mol. The van der Waals surface area contributed by atoms with E-state index in [1.54, 1.807) is 0 Å². The number of hydrogen-bond donors (Lipinski definition) is 1. The Morgan fingerprint density at radius 2 is 2.20 bits per heavy atom. The summed E-state index contributed by atoms with van der Waals surface area (Å²) < 4.78 is 0. The van der Waals surface area contributed by atoms with Gasteiger partial charge in [0.25, 0.3) is 0 Å². The van der Waals surface area contributed by atoms with E-state index in [4.69, 9.17) is 0 Å². The molecule has 0 unspecified atom stereocenters. The summed E-state index contributed by atoms with van der Waals surface area (Å²) in [7, 11) is 0. The number of rotatable bonds is 2. The molecule has 0 bridgehead atoms. The molecular weight excluding hydrogens is 122 g/mol. The van der Waals surface area contributed by atoms with Crippen LogP contribution in [0.25, 0.3) is 0 Å². The highest BCUT2D eigenvalue weighted by molar-refractivity contribution is 4.79. The van der Waals surface area contributed by atoms with Gasteiger partial charge in [-0.1, -0.05) is 20.8 Å². The zero-order valence-electron chi connectivity index (χ0n) is 7.35. The van der Waals surface area contributed by atoms with Crippen molar-refractivity contribution in [3.05, 3.63) is 0 Å². The molecule has 1 fully saturated rings. The van der Waals surface area contributed by atoms with Crippen molar-refractivity contribution in [1.82, 2.24) is 5.32 Å². The third-order valence-corrected chi connectivity index (χ3v) is 2.20. The Balaban J connectivity index is 2.18. The van der Waals surface area contributed by atoms with E-state index in [0.717, 1.165) is 17.9 Å². The second kappa shape index (κ2) is 3.38. The van der Waals surface area contributed by atoms with Crippen LogP contribution in [0.3, 0.4) is 0 Å². The van der Waals surface area contributed by atoms with Crippen molar-refractivity contribution < 1.29 is 0 Å². The summed E-state index contributed by atoms with van der Waals surface area (Å²) in [4.78, 5) is 0. The molecule has 1 saturated heterocycles. The summed E-state index contributed by atoms with van der Waals surface area (Å²) in [5.41, 5.74) is 0. The second-order valence-electron chi connectivity index (χ2n) is 4.08. The van der Waals surface area contributed by atoms with E-state index < -0.39 is 0 Å². The summed E-state index contributed by atoms with van der Waals surface area (Å²) in [5, 5.41) is 3.54. The van der Waals surface area contributed by atoms with Crippen molar-refractivity contribution in [2.24, 2.45) is 11.8 Å². The molecule has 0 spiro atoms. The molecule has 0 aromatic carbocycles. The Morgan fingerprint density at radius 3 is 2.60 bits per heavy atom. The Kier molecular flexibility index (Phi) is 2.72. The van der Waals surface area contributed by atoms with E-state index >= 15 is 0 Å². The van der Waals surface area contributed by atoms with Gasteiger partial charge in [0.1, 0.15) is 0 Å². The molecule has 1 aliphatic heterocycles. The van der Waals surface area contributed by atoms with Gasteiger partial charge in [0.15, 0.2) is 0 Å². The first-order chi connectivity index (χ1) is 4.68. The fraction of sp³-hybridized carbons (Fsp3) is 1.00. The maximum Gasteiger partial charge on any atom is 0.00726 e. The predicted molar refractivity (Wildman–Crippen MR) is 45.0 cm³/mol. The molecule has 10 heavy (non-hydrogen) atoms. The van der Waals surface area contributed by atoms with Gasteiger partial charge in [-0.2, -0.15) is 0 Å². The maximum atomic E-state index is 3.54. The first-order valence-electron chi connectivity index (χ1n) is 4.42. The molecule has 2 atom stereocenters. The van der Waals surface area contributed by atoms with E-state index in [1.165, 1.54) is 19.4 Å². The van der Waals surface area contributed by atoms with Crippen LogP contribution in [0.4, 0.5) is 0 Å². The smallest absolute Gasteiger partial charge is 0.00726 e. The van der Waals surface area contributed by atoms with Crippen LogP contribution in [0.2, 0.25) is 0 Å². The minimum Gasteiger partial charge on any atom is -0.314 e. The lowest BCUT2D eigenvalue weighted by molar-refractivity contribution is 0.457. The van der Waals surface area contributed by atoms with Gasteiger partial charge in [-0.15, -0.1) is 0 Å². The van der Waals surface area contributed by atoms with E-state index in [2.05, 4.69) is 26.1 Å². The minimum atomic E-state index is 0.815.